The highest BCUT2D eigenvalue weighted by atomic mass is 35.5. The maximum atomic E-state index is 11.3. The number of aryl methyl sites for hydroxylation is 2. The number of hydrazine groups is 1. The Balaban J connectivity index is 0.000000374. The van der Waals surface area contributed by atoms with Gasteiger partial charge in [-0.1, -0.05) is 261 Å². The topological polar surface area (TPSA) is 131 Å². The lowest BCUT2D eigenvalue weighted by Gasteiger charge is -2.26. The van der Waals surface area contributed by atoms with Crippen molar-refractivity contribution in [3.63, 3.8) is 0 Å². The predicted molar refractivity (Wildman–Crippen MR) is 372 cm³/mol. The third kappa shape index (κ3) is 19.4. The van der Waals surface area contributed by atoms with Crippen molar-refractivity contribution >= 4 is 279 Å². The third-order valence-electron chi connectivity index (χ3n) is 10.4. The highest BCUT2D eigenvalue weighted by Gasteiger charge is 2.25. The fourth-order valence-electron chi connectivity index (χ4n) is 6.07. The number of hydrogen-bond donors (Lipinski definition) is 4. The Morgan fingerprint density at radius 1 is 0.373 bits per heavy atom. The molecule has 456 valence electrons. The molecule has 0 fully saturated rings. The van der Waals surface area contributed by atoms with Crippen LogP contribution in [0.1, 0.15) is 39.4 Å². The van der Waals surface area contributed by atoms with E-state index >= 15 is 0 Å². The molecule has 0 amide bonds. The summed E-state index contributed by atoms with van der Waals surface area (Å²) in [6, 6.07) is 4.43. The van der Waals surface area contributed by atoms with Gasteiger partial charge in [0.1, 0.15) is 0 Å². The van der Waals surface area contributed by atoms with Crippen LogP contribution in [0, 0.1) is 0 Å². The SMILES string of the molecule is C.C.C.C=C1C=C(CSc2c(Cl)c(Cl)c(Cl)c(Cl)c2Cl)N(C)N1C.Cn1[nH]c(=O)cc1CSc1c(Cl)c(Cl)c(Cl)c(Cl)c1Cl.Cn1[nH]c(CSc2c(Cl)c(Cl)c(Cl)c(Cl)c2Cl)cc1=O.O=c1cc(CSc2c(Cl)c(Cl)c(Cl)c(Cl)c2Cl)[nH][nH]1. The smallest absolute Gasteiger partial charge is 0.266 e. The quantitative estimate of drug-likeness (QED) is 0.0537. The Kier molecular flexibility index (Phi) is 33.6. The van der Waals surface area contributed by atoms with Crippen LogP contribution in [0.25, 0.3) is 0 Å². The Bertz CT molecular complexity index is 3610. The number of halogens is 20. The van der Waals surface area contributed by atoms with Gasteiger partial charge in [0.15, 0.2) is 0 Å². The number of benzene rings is 4. The maximum Gasteiger partial charge on any atom is 0.266 e. The van der Waals surface area contributed by atoms with Gasteiger partial charge in [0.05, 0.1) is 112 Å². The summed E-state index contributed by atoms with van der Waals surface area (Å²) in [5.41, 5.74) is 3.70. The molecule has 8 rings (SSSR count). The first-order valence-electron chi connectivity index (χ1n) is 21.0. The van der Waals surface area contributed by atoms with E-state index in [9.17, 15) is 14.4 Å². The molecule has 4 N–H and O–H groups in total. The molecule has 4 aromatic carbocycles. The number of thioether (sulfide) groups is 4. The number of H-pyrrole nitrogens is 4. The number of rotatable bonds is 12. The second kappa shape index (κ2) is 35.1. The van der Waals surface area contributed by atoms with E-state index < -0.39 is 0 Å². The zero-order chi connectivity index (χ0) is 60.1. The van der Waals surface area contributed by atoms with Crippen LogP contribution in [0.4, 0.5) is 0 Å². The van der Waals surface area contributed by atoms with E-state index in [1.54, 1.807) is 18.8 Å². The predicted octanol–water partition coefficient (Wildman–Crippen LogP) is 24.0. The van der Waals surface area contributed by atoms with E-state index in [1.165, 1.54) is 69.9 Å². The molecular formula is C48H42Cl20N8O3S4. The van der Waals surface area contributed by atoms with Crippen molar-refractivity contribution in [3.05, 3.63) is 191 Å². The van der Waals surface area contributed by atoms with Gasteiger partial charge in [0.25, 0.3) is 16.7 Å². The molecule has 0 atom stereocenters. The molecule has 83 heavy (non-hydrogen) atoms. The fraction of sp³-hybridized carbons (Fsp3) is 0.229. The van der Waals surface area contributed by atoms with E-state index in [0.717, 1.165) is 22.8 Å². The molecular weight excluding hydrogens is 1570 g/mol. The number of nitrogens with zero attached hydrogens (tertiary/aromatic N) is 4. The average Bonchev–Trinajstić information content (AvgIpc) is 4.40. The van der Waals surface area contributed by atoms with Gasteiger partial charge in [-0.25, -0.2) is 0 Å². The molecule has 7 aromatic rings. The van der Waals surface area contributed by atoms with Crippen LogP contribution in [0.5, 0.6) is 0 Å². The van der Waals surface area contributed by atoms with Crippen molar-refractivity contribution in [1.82, 2.24) is 39.8 Å². The molecule has 0 bridgehead atoms. The lowest BCUT2D eigenvalue weighted by Crippen LogP contribution is -2.29. The summed E-state index contributed by atoms with van der Waals surface area (Å²) in [5, 5.41) is 18.6. The van der Waals surface area contributed by atoms with Gasteiger partial charge < -0.3 is 5.10 Å². The molecule has 35 heteroatoms. The molecule has 0 radical (unpaired) electrons. The van der Waals surface area contributed by atoms with Crippen molar-refractivity contribution in [2.24, 2.45) is 14.1 Å². The normalized spacial score (nSPS) is 11.7. The zero-order valence-corrected chi connectivity index (χ0v) is 58.4. The van der Waals surface area contributed by atoms with Gasteiger partial charge in [0, 0.05) is 106 Å². The van der Waals surface area contributed by atoms with Crippen molar-refractivity contribution < 1.29 is 0 Å². The van der Waals surface area contributed by atoms with Gasteiger partial charge >= 0.3 is 0 Å². The summed E-state index contributed by atoms with van der Waals surface area (Å²) in [5.74, 6) is 2.03. The van der Waals surface area contributed by atoms with Gasteiger partial charge in [-0.2, -0.15) is 0 Å². The average molecular weight is 1620 g/mol. The lowest BCUT2D eigenvalue weighted by molar-refractivity contribution is 0.135. The Morgan fingerprint density at radius 3 is 0.976 bits per heavy atom. The standard InChI is InChI=1S/C13H11Cl5N2S.2C11H7Cl5N2OS.C10H5Cl5N2OS.3CH4/c1-6-4-7(20(3)19(6)2)5-21-13-11(17)9(15)8(14)10(16)12(13)18;1-18-4(2-5(19)17-18)3-20-11-9(15)7(13)6(12)8(14)10(11)16;1-18-5(19)2-4(17-18)3-20-11-9(15)7(13)6(12)8(14)10(11)16;11-5-6(12)8(14)10(9(15)7(5)13)19-2-3-1-4(18)17-16-3;;;/h4H,1,5H2,2-3H3;2H,3H2,1H3,(H,17,19);2,17H,3H2,1H3;1H,2H2,(H2,16,17,18);3*1H4. The number of hydrogen-bond acceptors (Lipinski definition) is 9. The summed E-state index contributed by atoms with van der Waals surface area (Å²) in [6.45, 7) is 3.95. The summed E-state index contributed by atoms with van der Waals surface area (Å²) < 4.78 is 3.00. The second-order valence-corrected chi connectivity index (χ2v) is 27.1. The summed E-state index contributed by atoms with van der Waals surface area (Å²) in [6.07, 6.45) is 1.99. The van der Waals surface area contributed by atoms with Crippen molar-refractivity contribution in [1.29, 1.82) is 0 Å². The molecule has 4 heterocycles. The number of nitrogens with one attached hydrogen (secondary N) is 4. The summed E-state index contributed by atoms with van der Waals surface area (Å²) in [4.78, 5) is 35.7. The molecule has 1 aliphatic rings. The molecule has 3 aromatic heterocycles. The highest BCUT2D eigenvalue weighted by Crippen LogP contribution is 2.52. The van der Waals surface area contributed by atoms with Crippen LogP contribution in [-0.4, -0.2) is 59.6 Å². The van der Waals surface area contributed by atoms with Crippen LogP contribution in [0.2, 0.25) is 100 Å². The van der Waals surface area contributed by atoms with Gasteiger partial charge in [-0.3, -0.25) is 49.1 Å². The maximum absolute atomic E-state index is 11.3. The minimum Gasteiger partial charge on any atom is -0.301 e. The van der Waals surface area contributed by atoms with Crippen molar-refractivity contribution in [2.45, 2.75) is 59.1 Å². The highest BCUT2D eigenvalue weighted by molar-refractivity contribution is 8.00. The Labute approximate surface area is 595 Å². The van der Waals surface area contributed by atoms with Gasteiger partial charge in [-0.15, -0.1) is 47.0 Å². The first-order valence-corrected chi connectivity index (χ1v) is 32.5. The van der Waals surface area contributed by atoms with E-state index in [4.69, 9.17) is 232 Å². The third-order valence-corrected chi connectivity index (χ3v) is 24.9. The van der Waals surface area contributed by atoms with Gasteiger partial charge in [-0.05, 0) is 6.08 Å². The number of likely N-dealkylation sites (N-methyl/N-ethyl adjacent to an activating group) is 1. The Hall–Kier alpha value is 0.190. The molecule has 11 nitrogen and oxygen atoms in total. The molecule has 0 spiro atoms. The summed E-state index contributed by atoms with van der Waals surface area (Å²) >= 11 is 126. The largest absolute Gasteiger partial charge is 0.301 e. The van der Waals surface area contributed by atoms with E-state index in [1.807, 2.05) is 30.2 Å². The van der Waals surface area contributed by atoms with Crippen molar-refractivity contribution in [2.75, 3.05) is 19.8 Å². The van der Waals surface area contributed by atoms with Gasteiger partial charge in [0.2, 0.25) is 0 Å². The van der Waals surface area contributed by atoms with Crippen LogP contribution in [-0.2, 0) is 31.4 Å². The van der Waals surface area contributed by atoms with Crippen LogP contribution in [0.3, 0.4) is 0 Å². The molecule has 0 saturated carbocycles. The summed E-state index contributed by atoms with van der Waals surface area (Å²) in [7, 11) is 7.26. The van der Waals surface area contributed by atoms with E-state index in [2.05, 4.69) is 27.0 Å². The van der Waals surface area contributed by atoms with Crippen LogP contribution in [0.15, 0.2) is 76.2 Å². The van der Waals surface area contributed by atoms with Crippen molar-refractivity contribution in [3.8, 4) is 0 Å². The van der Waals surface area contributed by atoms with Crippen LogP contribution >= 0.6 is 279 Å². The molecule has 0 unspecified atom stereocenters. The minimum absolute atomic E-state index is 0. The molecule has 0 aliphatic carbocycles. The first-order chi connectivity index (χ1) is 37.3. The molecule has 0 saturated heterocycles. The number of aromatic amines is 4. The number of aromatic nitrogens is 6. The molecule has 1 aliphatic heterocycles. The lowest BCUT2D eigenvalue weighted by atomic mass is 10.3. The number of allylic oxidation sites excluding steroid dienone is 1. The zero-order valence-electron chi connectivity index (χ0n) is 40.1. The van der Waals surface area contributed by atoms with Crippen LogP contribution < -0.4 is 16.7 Å². The van der Waals surface area contributed by atoms with E-state index in [0.29, 0.717) is 58.3 Å². The fourth-order valence-corrected chi connectivity index (χ4v) is 16.2. The second-order valence-electron chi connectivity index (χ2n) is 15.6. The first kappa shape index (κ1) is 79.3. The van der Waals surface area contributed by atoms with E-state index in [-0.39, 0.29) is 129 Å². The minimum atomic E-state index is -0.208. The Morgan fingerprint density at radius 2 is 0.699 bits per heavy atom. The monoisotopic (exact) mass is 1610 g/mol.